The highest BCUT2D eigenvalue weighted by Crippen LogP contribution is 2.52. The minimum atomic E-state index is -2.40. The molecule has 4 rings (SSSR count). The first-order chi connectivity index (χ1) is 18.4. The van der Waals surface area contributed by atoms with Gasteiger partial charge >= 0.3 is 17.9 Å². The highest BCUT2D eigenvalue weighted by atomic mass is 35.5. The van der Waals surface area contributed by atoms with Crippen LogP contribution < -0.4 is 19.7 Å². The zero-order valence-corrected chi connectivity index (χ0v) is 22.1. The smallest absolute Gasteiger partial charge is 0.341 e. The fourth-order valence-corrected chi connectivity index (χ4v) is 5.55. The van der Waals surface area contributed by atoms with Crippen molar-refractivity contribution in [1.29, 1.82) is 0 Å². The maximum Gasteiger partial charge on any atom is 0.341 e. The van der Waals surface area contributed by atoms with Crippen LogP contribution in [-0.2, 0) is 23.9 Å². The number of fused-ring (bicyclic) bond motifs is 1. The number of halogens is 1. The molecule has 2 amide bonds. The molecule has 2 aromatic rings. The fraction of sp³-hybridized carbons (Fsp3) is 0.346. The maximum atomic E-state index is 13.9. The number of methoxy groups -OCH3 is 3. The van der Waals surface area contributed by atoms with Gasteiger partial charge in [-0.25, -0.2) is 9.69 Å². The van der Waals surface area contributed by atoms with Crippen molar-refractivity contribution in [1.82, 2.24) is 5.32 Å². The Morgan fingerprint density at radius 1 is 1.05 bits per heavy atom. The normalized spacial score (nSPS) is 23.9. The fourth-order valence-electron chi connectivity index (χ4n) is 5.37. The summed E-state index contributed by atoms with van der Waals surface area (Å²) in [6, 6.07) is 5.91. The molecule has 12 nitrogen and oxygen atoms in total. The topological polar surface area (TPSA) is 169 Å². The number of esters is 1. The van der Waals surface area contributed by atoms with Crippen molar-refractivity contribution in [3.05, 3.63) is 52.0 Å². The van der Waals surface area contributed by atoms with Gasteiger partial charge < -0.3 is 24.4 Å². The van der Waals surface area contributed by atoms with Crippen LogP contribution in [0.2, 0.25) is 5.02 Å². The number of benzene rings is 2. The molecule has 2 saturated heterocycles. The van der Waals surface area contributed by atoms with Crippen molar-refractivity contribution in [2.24, 2.45) is 11.8 Å². The van der Waals surface area contributed by atoms with Gasteiger partial charge in [-0.05, 0) is 36.2 Å². The Kier molecular flexibility index (Phi) is 7.28. The van der Waals surface area contributed by atoms with Crippen molar-refractivity contribution in [3.8, 4) is 11.5 Å². The summed E-state index contributed by atoms with van der Waals surface area (Å²) in [6.45, 7) is 1.72. The lowest BCUT2D eigenvalue weighted by Gasteiger charge is -2.30. The lowest BCUT2D eigenvalue weighted by atomic mass is 9.77. The van der Waals surface area contributed by atoms with Gasteiger partial charge in [-0.15, -0.1) is 0 Å². The van der Waals surface area contributed by atoms with Crippen LogP contribution in [0.25, 0.3) is 0 Å². The predicted molar refractivity (Wildman–Crippen MR) is 135 cm³/mol. The van der Waals surface area contributed by atoms with Crippen molar-refractivity contribution >= 4 is 47.0 Å². The standard InChI is InChI=1S/C26H25ClN2O10/c1-11-5-6-12(7-15(11)27)29-22(32)19-20(23(29)33)26(25(35)36,10-17(30)31)28-21(19)14-8-13(37-2)9-16(38-3)18(14)24(34)39-4/h5-9,19-21,28H,10H2,1-4H3,(H,30,31)(H,35,36). The molecule has 2 aliphatic heterocycles. The molecule has 13 heteroatoms. The summed E-state index contributed by atoms with van der Waals surface area (Å²) in [7, 11) is 3.76. The zero-order valence-electron chi connectivity index (χ0n) is 21.3. The van der Waals surface area contributed by atoms with E-state index in [0.717, 1.165) is 12.0 Å². The molecule has 0 spiro atoms. The summed E-state index contributed by atoms with van der Waals surface area (Å²) in [5, 5.41) is 23.0. The minimum absolute atomic E-state index is 0.000412. The van der Waals surface area contributed by atoms with Gasteiger partial charge in [0, 0.05) is 17.1 Å². The molecular weight excluding hydrogens is 536 g/mol. The summed E-state index contributed by atoms with van der Waals surface area (Å²) in [6.07, 6.45) is -1.03. The van der Waals surface area contributed by atoms with E-state index in [1.807, 2.05) is 0 Å². The summed E-state index contributed by atoms with van der Waals surface area (Å²) >= 11 is 6.23. The first-order valence-corrected chi connectivity index (χ1v) is 12.0. The number of hydrogen-bond donors (Lipinski definition) is 3. The average molecular weight is 561 g/mol. The second-order valence-electron chi connectivity index (χ2n) is 9.20. The van der Waals surface area contributed by atoms with Crippen LogP contribution in [0.1, 0.15) is 33.9 Å². The van der Waals surface area contributed by atoms with E-state index in [1.54, 1.807) is 13.0 Å². The molecule has 2 aliphatic rings. The van der Waals surface area contributed by atoms with Gasteiger partial charge in [-0.3, -0.25) is 24.5 Å². The zero-order chi connectivity index (χ0) is 28.8. The Balaban J connectivity index is 2.00. The van der Waals surface area contributed by atoms with Crippen molar-refractivity contribution in [2.45, 2.75) is 24.9 Å². The Bertz CT molecular complexity index is 1410. The van der Waals surface area contributed by atoms with Gasteiger partial charge in [0.2, 0.25) is 11.8 Å². The minimum Gasteiger partial charge on any atom is -0.497 e. The number of hydrogen-bond acceptors (Lipinski definition) is 9. The summed E-state index contributed by atoms with van der Waals surface area (Å²) in [5.41, 5.74) is -1.74. The molecular formula is C26H25ClN2O10. The first-order valence-electron chi connectivity index (χ1n) is 11.6. The molecule has 0 radical (unpaired) electrons. The third-order valence-corrected chi connectivity index (χ3v) is 7.57. The Morgan fingerprint density at radius 2 is 1.74 bits per heavy atom. The monoisotopic (exact) mass is 560 g/mol. The number of carbonyl (C=O) groups excluding carboxylic acids is 3. The number of imide groups is 1. The van der Waals surface area contributed by atoms with Crippen LogP contribution in [-0.4, -0.2) is 66.8 Å². The third-order valence-electron chi connectivity index (χ3n) is 7.17. The molecule has 0 aromatic heterocycles. The van der Waals surface area contributed by atoms with Gasteiger partial charge in [0.25, 0.3) is 0 Å². The van der Waals surface area contributed by atoms with Crippen LogP contribution in [0.4, 0.5) is 5.69 Å². The predicted octanol–water partition coefficient (Wildman–Crippen LogP) is 2.20. The van der Waals surface area contributed by atoms with Gasteiger partial charge in [0.1, 0.15) is 22.6 Å². The molecule has 4 unspecified atom stereocenters. The van der Waals surface area contributed by atoms with E-state index in [2.05, 4.69) is 5.32 Å². The lowest BCUT2D eigenvalue weighted by molar-refractivity contribution is -0.154. The second kappa shape index (κ2) is 10.2. The first kappa shape index (κ1) is 27.9. The Morgan fingerprint density at radius 3 is 2.28 bits per heavy atom. The van der Waals surface area contributed by atoms with Crippen molar-refractivity contribution < 1.29 is 48.4 Å². The summed E-state index contributed by atoms with van der Waals surface area (Å²) < 4.78 is 15.6. The van der Waals surface area contributed by atoms with Crippen LogP contribution >= 0.6 is 11.6 Å². The SMILES string of the molecule is COC(=O)c1c(OC)cc(OC)cc1C1NC(CC(=O)O)(C(=O)O)C2C(=O)N(c3ccc(C)c(Cl)c3)C(=O)C12. The van der Waals surface area contributed by atoms with Crippen molar-refractivity contribution in [3.63, 3.8) is 0 Å². The number of nitrogens with one attached hydrogen (secondary N) is 1. The van der Waals surface area contributed by atoms with Crippen LogP contribution in [0.5, 0.6) is 11.5 Å². The number of aryl methyl sites for hydroxylation is 1. The van der Waals surface area contributed by atoms with Gasteiger partial charge in [-0.1, -0.05) is 17.7 Å². The molecule has 0 bridgehead atoms. The van der Waals surface area contributed by atoms with E-state index in [0.29, 0.717) is 5.56 Å². The van der Waals surface area contributed by atoms with Crippen LogP contribution in [0.15, 0.2) is 30.3 Å². The van der Waals surface area contributed by atoms with E-state index in [-0.39, 0.29) is 33.3 Å². The molecule has 2 aromatic carbocycles. The highest BCUT2D eigenvalue weighted by molar-refractivity contribution is 6.32. The molecule has 3 N–H and O–H groups in total. The quantitative estimate of drug-likeness (QED) is 0.319. The average Bonchev–Trinajstić information content (AvgIpc) is 3.37. The summed E-state index contributed by atoms with van der Waals surface area (Å²) in [5.74, 6) is -8.63. The summed E-state index contributed by atoms with van der Waals surface area (Å²) in [4.78, 5) is 66.1. The second-order valence-corrected chi connectivity index (χ2v) is 9.61. The van der Waals surface area contributed by atoms with Gasteiger partial charge in [0.15, 0.2) is 0 Å². The molecule has 39 heavy (non-hydrogen) atoms. The number of nitrogens with zero attached hydrogens (tertiary/aromatic N) is 1. The Labute approximate surface area is 227 Å². The third kappa shape index (κ3) is 4.35. The van der Waals surface area contributed by atoms with Crippen LogP contribution in [0.3, 0.4) is 0 Å². The number of anilines is 1. The van der Waals surface area contributed by atoms with Gasteiger partial charge in [-0.2, -0.15) is 0 Å². The molecule has 206 valence electrons. The number of ether oxygens (including phenoxy) is 3. The molecule has 4 atom stereocenters. The maximum absolute atomic E-state index is 13.9. The molecule has 0 saturated carbocycles. The van der Waals surface area contributed by atoms with Crippen LogP contribution in [0, 0.1) is 18.8 Å². The van der Waals surface area contributed by atoms with E-state index in [9.17, 15) is 34.2 Å². The number of rotatable bonds is 8. The number of carboxylic acids is 2. The van der Waals surface area contributed by atoms with E-state index < -0.39 is 59.6 Å². The van der Waals surface area contributed by atoms with E-state index in [1.165, 1.54) is 38.5 Å². The van der Waals surface area contributed by atoms with Gasteiger partial charge in [0.05, 0.1) is 45.3 Å². The highest BCUT2D eigenvalue weighted by Gasteiger charge is 2.69. The van der Waals surface area contributed by atoms with E-state index >= 15 is 0 Å². The Hall–Kier alpha value is -4.16. The molecule has 0 aliphatic carbocycles. The lowest BCUT2D eigenvalue weighted by Crippen LogP contribution is -2.57. The number of aliphatic carboxylic acids is 2. The molecule has 2 fully saturated rings. The molecule has 2 heterocycles. The van der Waals surface area contributed by atoms with E-state index in [4.69, 9.17) is 25.8 Å². The number of carboxylic acid groups (broad SMARTS) is 2. The number of carbonyl (C=O) groups is 5. The number of amides is 2. The van der Waals surface area contributed by atoms with Crippen molar-refractivity contribution in [2.75, 3.05) is 26.2 Å². The largest absolute Gasteiger partial charge is 0.497 e.